The molecule has 0 amide bonds. The zero-order chi connectivity index (χ0) is 19.5. The number of fused-ring (bicyclic) bond motifs is 1. The molecule has 1 atom stereocenters. The molecule has 1 unspecified atom stereocenters. The van der Waals surface area contributed by atoms with Crippen LogP contribution in [0.15, 0.2) is 48.5 Å². The number of hydrogen-bond donors (Lipinski definition) is 2. The van der Waals surface area contributed by atoms with E-state index in [1.807, 2.05) is 18.2 Å². The number of para-hydroxylation sites is 2. The van der Waals surface area contributed by atoms with Crippen molar-refractivity contribution >= 4 is 16.6 Å². The van der Waals surface area contributed by atoms with Gasteiger partial charge in [-0.25, -0.2) is 0 Å². The first-order valence-corrected chi connectivity index (χ1v) is 9.89. The van der Waals surface area contributed by atoms with Crippen molar-refractivity contribution in [3.63, 3.8) is 0 Å². The number of benzene rings is 2. The summed E-state index contributed by atoms with van der Waals surface area (Å²) < 4.78 is 5.50. The topological polar surface area (TPSA) is 63.4 Å². The number of nitrogen functional groups attached to an aromatic ring is 1. The number of ether oxygens (including phenoxy) is 1. The van der Waals surface area contributed by atoms with E-state index in [1.54, 1.807) is 7.11 Å². The molecule has 0 radical (unpaired) electrons. The molecule has 1 fully saturated rings. The molecule has 28 heavy (non-hydrogen) atoms. The smallest absolute Gasteiger partial charge is 0.144 e. The van der Waals surface area contributed by atoms with Gasteiger partial charge in [-0.15, -0.1) is 0 Å². The van der Waals surface area contributed by atoms with Gasteiger partial charge < -0.3 is 15.8 Å². The number of nitrogens with one attached hydrogen (secondary N) is 1. The number of methoxy groups -OCH3 is 1. The van der Waals surface area contributed by atoms with Crippen LogP contribution in [0.3, 0.4) is 0 Å². The Kier molecular flexibility index (Phi) is 5.46. The number of nitrogens with zero attached hydrogens (tertiary/aromatic N) is 2. The number of nitrogens with two attached hydrogens (primary N) is 1. The molecule has 1 aliphatic rings. The fourth-order valence-corrected chi connectivity index (χ4v) is 4.12. The van der Waals surface area contributed by atoms with Crippen LogP contribution in [0.1, 0.15) is 22.9 Å². The Morgan fingerprint density at radius 3 is 2.93 bits per heavy atom. The Labute approximate surface area is 166 Å². The summed E-state index contributed by atoms with van der Waals surface area (Å²) in [5.74, 6) is 0.807. The van der Waals surface area contributed by atoms with E-state index in [2.05, 4.69) is 47.5 Å². The van der Waals surface area contributed by atoms with Gasteiger partial charge >= 0.3 is 0 Å². The molecular formula is C23H28N4O. The van der Waals surface area contributed by atoms with Crippen LogP contribution in [0, 0.1) is 6.92 Å². The van der Waals surface area contributed by atoms with E-state index in [-0.39, 0.29) is 6.04 Å². The van der Waals surface area contributed by atoms with Gasteiger partial charge in [-0.05, 0) is 42.7 Å². The molecule has 4 rings (SSSR count). The third-order valence-corrected chi connectivity index (χ3v) is 5.57. The summed E-state index contributed by atoms with van der Waals surface area (Å²) >= 11 is 0. The maximum absolute atomic E-state index is 6.04. The molecule has 5 nitrogen and oxygen atoms in total. The van der Waals surface area contributed by atoms with E-state index < -0.39 is 0 Å². The Balaban J connectivity index is 1.48. The second-order valence-electron chi connectivity index (χ2n) is 7.48. The summed E-state index contributed by atoms with van der Waals surface area (Å²) in [6.07, 6.45) is 0.922. The summed E-state index contributed by atoms with van der Waals surface area (Å²) in [7, 11) is 1.68. The second kappa shape index (κ2) is 8.17. The van der Waals surface area contributed by atoms with Gasteiger partial charge in [0, 0.05) is 31.6 Å². The molecule has 146 valence electrons. The number of pyridine rings is 1. The van der Waals surface area contributed by atoms with Crippen LogP contribution in [-0.2, 0) is 6.42 Å². The van der Waals surface area contributed by atoms with Crippen LogP contribution < -0.4 is 15.8 Å². The van der Waals surface area contributed by atoms with Gasteiger partial charge in [0.05, 0.1) is 30.0 Å². The summed E-state index contributed by atoms with van der Waals surface area (Å²) in [5.41, 5.74) is 11.4. The third kappa shape index (κ3) is 3.81. The number of piperazine rings is 1. The van der Waals surface area contributed by atoms with E-state index in [0.29, 0.717) is 5.69 Å². The van der Waals surface area contributed by atoms with E-state index >= 15 is 0 Å². The predicted octanol–water partition coefficient (Wildman–Crippen LogP) is 3.32. The Morgan fingerprint density at radius 1 is 1.21 bits per heavy atom. The highest BCUT2D eigenvalue weighted by molar-refractivity contribution is 5.79. The first-order chi connectivity index (χ1) is 13.7. The molecule has 2 heterocycles. The molecule has 1 aromatic heterocycles. The minimum Gasteiger partial charge on any atom is -0.494 e. The SMILES string of the molecule is COc1c(N)cccc1CCN1CCNC(c2nc3ccccc3cc2C)C1. The summed E-state index contributed by atoms with van der Waals surface area (Å²) in [6.45, 7) is 6.09. The second-order valence-corrected chi connectivity index (χ2v) is 7.48. The lowest BCUT2D eigenvalue weighted by atomic mass is 10.0. The van der Waals surface area contributed by atoms with Crippen molar-refractivity contribution in [2.45, 2.75) is 19.4 Å². The van der Waals surface area contributed by atoms with Crippen LogP contribution in [-0.4, -0.2) is 43.2 Å². The van der Waals surface area contributed by atoms with Gasteiger partial charge in [0.2, 0.25) is 0 Å². The average molecular weight is 377 g/mol. The quantitative estimate of drug-likeness (QED) is 0.669. The van der Waals surface area contributed by atoms with Crippen LogP contribution in [0.25, 0.3) is 10.9 Å². The highest BCUT2D eigenvalue weighted by Gasteiger charge is 2.23. The maximum Gasteiger partial charge on any atom is 0.144 e. The van der Waals surface area contributed by atoms with Gasteiger partial charge in [-0.2, -0.15) is 0 Å². The van der Waals surface area contributed by atoms with Crippen LogP contribution in [0.2, 0.25) is 0 Å². The third-order valence-electron chi connectivity index (χ3n) is 5.57. The van der Waals surface area contributed by atoms with Crippen LogP contribution in [0.5, 0.6) is 5.75 Å². The van der Waals surface area contributed by atoms with Gasteiger partial charge in [0.1, 0.15) is 5.75 Å². The number of aryl methyl sites for hydroxylation is 1. The molecule has 1 aliphatic heterocycles. The van der Waals surface area contributed by atoms with Crippen LogP contribution >= 0.6 is 0 Å². The van der Waals surface area contributed by atoms with E-state index in [4.69, 9.17) is 15.5 Å². The van der Waals surface area contributed by atoms with Crippen molar-refractivity contribution in [3.8, 4) is 5.75 Å². The number of anilines is 1. The molecule has 0 spiro atoms. The standard InChI is InChI=1S/C23H28N4O/c1-16-14-18-6-3-4-9-20(18)26-22(16)21-15-27(13-11-25-21)12-10-17-7-5-8-19(24)23(17)28-2/h3-9,14,21,25H,10-13,15,24H2,1-2H3. The van der Waals surface area contributed by atoms with Crippen molar-refractivity contribution in [2.24, 2.45) is 0 Å². The van der Waals surface area contributed by atoms with E-state index in [9.17, 15) is 0 Å². The lowest BCUT2D eigenvalue weighted by Crippen LogP contribution is -2.46. The van der Waals surface area contributed by atoms with Crippen molar-refractivity contribution < 1.29 is 4.74 Å². The minimum atomic E-state index is 0.251. The highest BCUT2D eigenvalue weighted by atomic mass is 16.5. The lowest BCUT2D eigenvalue weighted by Gasteiger charge is -2.34. The average Bonchev–Trinajstić information content (AvgIpc) is 2.72. The molecule has 3 aromatic rings. The lowest BCUT2D eigenvalue weighted by molar-refractivity contribution is 0.200. The van der Waals surface area contributed by atoms with Crippen molar-refractivity contribution in [3.05, 3.63) is 65.4 Å². The molecule has 1 saturated heterocycles. The molecule has 2 aromatic carbocycles. The molecule has 5 heteroatoms. The van der Waals surface area contributed by atoms with E-state index in [1.165, 1.54) is 10.9 Å². The summed E-state index contributed by atoms with van der Waals surface area (Å²) in [4.78, 5) is 7.46. The largest absolute Gasteiger partial charge is 0.494 e. The normalized spacial score (nSPS) is 17.7. The fourth-order valence-electron chi connectivity index (χ4n) is 4.12. The van der Waals surface area contributed by atoms with Crippen molar-refractivity contribution in [1.82, 2.24) is 15.2 Å². The Morgan fingerprint density at radius 2 is 2.07 bits per heavy atom. The number of rotatable bonds is 5. The van der Waals surface area contributed by atoms with Gasteiger partial charge in [0.15, 0.2) is 0 Å². The first kappa shape index (κ1) is 18.7. The minimum absolute atomic E-state index is 0.251. The highest BCUT2D eigenvalue weighted by Crippen LogP contribution is 2.27. The van der Waals surface area contributed by atoms with Crippen molar-refractivity contribution in [1.29, 1.82) is 0 Å². The molecule has 3 N–H and O–H groups in total. The summed E-state index contributed by atoms with van der Waals surface area (Å²) in [5, 5.41) is 4.85. The predicted molar refractivity (Wildman–Crippen MR) is 115 cm³/mol. The maximum atomic E-state index is 6.04. The molecule has 0 bridgehead atoms. The first-order valence-electron chi connectivity index (χ1n) is 9.89. The Bertz CT molecular complexity index is 972. The Hall–Kier alpha value is -2.63. The number of hydrogen-bond acceptors (Lipinski definition) is 5. The van der Waals surface area contributed by atoms with Crippen molar-refractivity contribution in [2.75, 3.05) is 39.0 Å². The molecule has 0 saturated carbocycles. The monoisotopic (exact) mass is 376 g/mol. The zero-order valence-electron chi connectivity index (χ0n) is 16.6. The summed E-state index contributed by atoms with van der Waals surface area (Å²) in [6, 6.07) is 16.8. The fraction of sp³-hybridized carbons (Fsp3) is 0.348. The van der Waals surface area contributed by atoms with Crippen LogP contribution in [0.4, 0.5) is 5.69 Å². The van der Waals surface area contributed by atoms with E-state index in [0.717, 1.165) is 55.1 Å². The molecule has 0 aliphatic carbocycles. The van der Waals surface area contributed by atoms with Gasteiger partial charge in [0.25, 0.3) is 0 Å². The molecular weight excluding hydrogens is 348 g/mol. The zero-order valence-corrected chi connectivity index (χ0v) is 16.6. The van der Waals surface area contributed by atoms with Gasteiger partial charge in [-0.1, -0.05) is 30.3 Å². The van der Waals surface area contributed by atoms with Gasteiger partial charge in [-0.3, -0.25) is 9.88 Å². The number of aromatic nitrogens is 1.